The van der Waals surface area contributed by atoms with Gasteiger partial charge < -0.3 is 5.32 Å². The van der Waals surface area contributed by atoms with Crippen LogP contribution in [0.15, 0.2) is 0 Å². The lowest BCUT2D eigenvalue weighted by atomic mass is 9.89. The summed E-state index contributed by atoms with van der Waals surface area (Å²) in [6, 6.07) is 1.67. The van der Waals surface area contributed by atoms with E-state index in [0.717, 1.165) is 18.0 Å². The van der Waals surface area contributed by atoms with Crippen molar-refractivity contribution in [2.45, 2.75) is 77.3 Å². The third kappa shape index (κ3) is 3.96. The fourth-order valence-corrected chi connectivity index (χ4v) is 3.87. The zero-order valence-electron chi connectivity index (χ0n) is 12.5. The van der Waals surface area contributed by atoms with Crippen LogP contribution >= 0.6 is 0 Å². The predicted octanol–water partition coefficient (Wildman–Crippen LogP) is 3.42. The van der Waals surface area contributed by atoms with Crippen molar-refractivity contribution in [3.05, 3.63) is 0 Å². The average molecular weight is 252 g/mol. The first-order valence-electron chi connectivity index (χ1n) is 8.27. The molecule has 2 unspecified atom stereocenters. The van der Waals surface area contributed by atoms with E-state index in [2.05, 4.69) is 24.1 Å². The summed E-state index contributed by atoms with van der Waals surface area (Å²) >= 11 is 0. The quantitative estimate of drug-likeness (QED) is 0.729. The van der Waals surface area contributed by atoms with E-state index >= 15 is 0 Å². The monoisotopic (exact) mass is 252 g/mol. The average Bonchev–Trinajstić information content (AvgIpc) is 2.77. The molecule has 2 heteroatoms. The van der Waals surface area contributed by atoms with E-state index in [1.165, 1.54) is 71.0 Å². The molecule has 0 aromatic rings. The molecule has 0 aromatic heterocycles. The normalized spacial score (nSPS) is 31.0. The van der Waals surface area contributed by atoms with Crippen molar-refractivity contribution in [3.8, 4) is 0 Å². The van der Waals surface area contributed by atoms with E-state index in [1.807, 2.05) is 0 Å². The van der Waals surface area contributed by atoms with Gasteiger partial charge in [-0.3, -0.25) is 4.90 Å². The maximum Gasteiger partial charge on any atom is 0.0113 e. The largest absolute Gasteiger partial charge is 0.315 e. The van der Waals surface area contributed by atoms with Crippen LogP contribution in [0, 0.1) is 5.92 Å². The van der Waals surface area contributed by atoms with E-state index in [-0.39, 0.29) is 0 Å². The molecule has 1 aliphatic carbocycles. The highest BCUT2D eigenvalue weighted by Crippen LogP contribution is 2.25. The molecule has 1 N–H and O–H groups in total. The molecule has 0 bridgehead atoms. The minimum atomic E-state index is 0.812. The summed E-state index contributed by atoms with van der Waals surface area (Å²) in [4.78, 5) is 2.73. The topological polar surface area (TPSA) is 15.3 Å². The summed E-state index contributed by atoms with van der Waals surface area (Å²) in [6.07, 6.45) is 11.5. The third-order valence-corrected chi connectivity index (χ3v) is 5.13. The Morgan fingerprint density at radius 3 is 2.56 bits per heavy atom. The number of hydrogen-bond donors (Lipinski definition) is 1. The van der Waals surface area contributed by atoms with Crippen molar-refractivity contribution in [2.24, 2.45) is 5.92 Å². The van der Waals surface area contributed by atoms with Crippen LogP contribution in [0.2, 0.25) is 0 Å². The Kier molecular flexibility index (Phi) is 5.97. The summed E-state index contributed by atoms with van der Waals surface area (Å²) in [6.45, 7) is 8.45. The van der Waals surface area contributed by atoms with E-state index in [1.54, 1.807) is 0 Å². The summed E-state index contributed by atoms with van der Waals surface area (Å²) in [7, 11) is 0. The second-order valence-corrected chi connectivity index (χ2v) is 6.43. The minimum Gasteiger partial charge on any atom is -0.315 e. The summed E-state index contributed by atoms with van der Waals surface area (Å²) < 4.78 is 0. The SMILES string of the molecule is CCC1CCC(C)N1CCNCC1CCCCC1. The molecule has 0 spiro atoms. The Labute approximate surface area is 114 Å². The molecular weight excluding hydrogens is 220 g/mol. The summed E-state index contributed by atoms with van der Waals surface area (Å²) in [5.41, 5.74) is 0. The molecule has 0 radical (unpaired) electrons. The molecule has 0 amide bonds. The van der Waals surface area contributed by atoms with Crippen LogP contribution in [-0.2, 0) is 0 Å². The van der Waals surface area contributed by atoms with Gasteiger partial charge in [0.15, 0.2) is 0 Å². The Morgan fingerprint density at radius 1 is 1.06 bits per heavy atom. The molecule has 1 aliphatic heterocycles. The number of rotatable bonds is 6. The molecule has 106 valence electrons. The van der Waals surface area contributed by atoms with Crippen LogP contribution in [0.4, 0.5) is 0 Å². The second-order valence-electron chi connectivity index (χ2n) is 6.43. The van der Waals surface area contributed by atoms with Crippen LogP contribution in [0.25, 0.3) is 0 Å². The van der Waals surface area contributed by atoms with Crippen LogP contribution in [0.1, 0.15) is 65.2 Å². The van der Waals surface area contributed by atoms with Gasteiger partial charge in [-0.1, -0.05) is 26.2 Å². The molecule has 1 heterocycles. The van der Waals surface area contributed by atoms with Crippen molar-refractivity contribution in [2.75, 3.05) is 19.6 Å². The first-order chi connectivity index (χ1) is 8.81. The smallest absolute Gasteiger partial charge is 0.0113 e. The van der Waals surface area contributed by atoms with Gasteiger partial charge in [0.05, 0.1) is 0 Å². The molecule has 2 nitrogen and oxygen atoms in total. The summed E-state index contributed by atoms with van der Waals surface area (Å²) in [5.74, 6) is 0.969. The minimum absolute atomic E-state index is 0.812. The van der Waals surface area contributed by atoms with Gasteiger partial charge in [-0.05, 0) is 51.5 Å². The van der Waals surface area contributed by atoms with Gasteiger partial charge in [-0.25, -0.2) is 0 Å². The van der Waals surface area contributed by atoms with E-state index in [0.29, 0.717) is 0 Å². The van der Waals surface area contributed by atoms with Crippen molar-refractivity contribution < 1.29 is 0 Å². The molecule has 1 saturated heterocycles. The fourth-order valence-electron chi connectivity index (χ4n) is 3.87. The number of nitrogens with one attached hydrogen (secondary N) is 1. The van der Waals surface area contributed by atoms with E-state index in [9.17, 15) is 0 Å². The van der Waals surface area contributed by atoms with Crippen molar-refractivity contribution in [1.82, 2.24) is 10.2 Å². The van der Waals surface area contributed by atoms with Crippen LogP contribution in [0.3, 0.4) is 0 Å². The molecule has 2 aliphatic rings. The van der Waals surface area contributed by atoms with Gasteiger partial charge in [0.1, 0.15) is 0 Å². The first-order valence-corrected chi connectivity index (χ1v) is 8.27. The van der Waals surface area contributed by atoms with E-state index in [4.69, 9.17) is 0 Å². The highest BCUT2D eigenvalue weighted by molar-refractivity contribution is 4.84. The predicted molar refractivity (Wildman–Crippen MR) is 78.9 cm³/mol. The van der Waals surface area contributed by atoms with Crippen molar-refractivity contribution in [3.63, 3.8) is 0 Å². The van der Waals surface area contributed by atoms with Gasteiger partial charge >= 0.3 is 0 Å². The van der Waals surface area contributed by atoms with Crippen molar-refractivity contribution in [1.29, 1.82) is 0 Å². The molecular formula is C16H32N2. The second kappa shape index (κ2) is 7.49. The lowest BCUT2D eigenvalue weighted by Gasteiger charge is -2.28. The Balaban J connectivity index is 1.59. The number of hydrogen-bond acceptors (Lipinski definition) is 2. The van der Waals surface area contributed by atoms with Gasteiger partial charge in [0.2, 0.25) is 0 Å². The first kappa shape index (κ1) is 14.3. The highest BCUT2D eigenvalue weighted by Gasteiger charge is 2.28. The maximum absolute atomic E-state index is 3.71. The van der Waals surface area contributed by atoms with Gasteiger partial charge in [-0.2, -0.15) is 0 Å². The van der Waals surface area contributed by atoms with Crippen LogP contribution in [-0.4, -0.2) is 36.6 Å². The number of nitrogens with zero attached hydrogens (tertiary/aromatic N) is 1. The molecule has 2 fully saturated rings. The zero-order chi connectivity index (χ0) is 12.8. The van der Waals surface area contributed by atoms with Gasteiger partial charge in [0, 0.05) is 25.2 Å². The summed E-state index contributed by atoms with van der Waals surface area (Å²) in [5, 5.41) is 3.71. The molecule has 1 saturated carbocycles. The lowest BCUT2D eigenvalue weighted by Crippen LogP contribution is -2.40. The Hall–Kier alpha value is -0.0800. The van der Waals surface area contributed by atoms with Crippen LogP contribution in [0.5, 0.6) is 0 Å². The third-order valence-electron chi connectivity index (χ3n) is 5.13. The molecule has 2 atom stereocenters. The highest BCUT2D eigenvalue weighted by atomic mass is 15.2. The Bertz CT molecular complexity index is 223. The fraction of sp³-hybridized carbons (Fsp3) is 1.00. The molecule has 0 aromatic carbocycles. The van der Waals surface area contributed by atoms with E-state index < -0.39 is 0 Å². The van der Waals surface area contributed by atoms with Crippen molar-refractivity contribution >= 4 is 0 Å². The van der Waals surface area contributed by atoms with Gasteiger partial charge in [0.25, 0.3) is 0 Å². The lowest BCUT2D eigenvalue weighted by molar-refractivity contribution is 0.197. The van der Waals surface area contributed by atoms with Crippen LogP contribution < -0.4 is 5.32 Å². The Morgan fingerprint density at radius 2 is 1.83 bits per heavy atom. The standard InChI is InChI=1S/C16H32N2/c1-3-16-10-9-14(2)18(16)12-11-17-13-15-7-5-4-6-8-15/h14-17H,3-13H2,1-2H3. The zero-order valence-corrected chi connectivity index (χ0v) is 12.5. The molecule has 18 heavy (non-hydrogen) atoms. The molecule has 2 rings (SSSR count). The van der Waals surface area contributed by atoms with Gasteiger partial charge in [-0.15, -0.1) is 0 Å². The maximum atomic E-state index is 3.71. The number of likely N-dealkylation sites (tertiary alicyclic amines) is 1.